The first-order chi connectivity index (χ1) is 8.15. The molecule has 0 heterocycles. The fourth-order valence-corrected chi connectivity index (χ4v) is 2.18. The van der Waals surface area contributed by atoms with Crippen LogP contribution in [0.2, 0.25) is 0 Å². The van der Waals surface area contributed by atoms with Crippen molar-refractivity contribution in [2.75, 3.05) is 0 Å². The van der Waals surface area contributed by atoms with E-state index in [1.165, 1.54) is 0 Å². The van der Waals surface area contributed by atoms with E-state index in [-0.39, 0.29) is 5.75 Å². The summed E-state index contributed by atoms with van der Waals surface area (Å²) < 4.78 is 28.8. The van der Waals surface area contributed by atoms with E-state index in [1.54, 1.807) is 12.1 Å². The predicted octanol–water partition coefficient (Wildman–Crippen LogP) is 3.18. The highest BCUT2D eigenvalue weighted by Gasteiger charge is 2.24. The molecule has 4 heteroatoms. The van der Waals surface area contributed by atoms with Gasteiger partial charge in [0.05, 0.1) is 0 Å². The Morgan fingerprint density at radius 1 is 1.35 bits per heavy atom. The molecular formula is C13H17F2NO. The molecule has 1 aliphatic carbocycles. The van der Waals surface area contributed by atoms with Gasteiger partial charge < -0.3 is 10.1 Å². The second-order valence-electron chi connectivity index (χ2n) is 4.64. The van der Waals surface area contributed by atoms with Gasteiger partial charge in [-0.1, -0.05) is 25.1 Å². The van der Waals surface area contributed by atoms with Crippen LogP contribution in [0.3, 0.4) is 0 Å². The van der Waals surface area contributed by atoms with Crippen molar-refractivity contribution < 1.29 is 13.5 Å². The first-order valence-corrected chi connectivity index (χ1v) is 5.91. The molecule has 0 bridgehead atoms. The zero-order valence-electron chi connectivity index (χ0n) is 9.83. The lowest BCUT2D eigenvalue weighted by Crippen LogP contribution is -2.39. The van der Waals surface area contributed by atoms with Crippen molar-refractivity contribution >= 4 is 0 Å². The van der Waals surface area contributed by atoms with Gasteiger partial charge in [-0.05, 0) is 24.8 Å². The molecule has 1 aromatic rings. The molecular weight excluding hydrogens is 224 g/mol. The minimum absolute atomic E-state index is 0.266. The number of ether oxygens (including phenoxy) is 1. The molecule has 0 radical (unpaired) electrons. The topological polar surface area (TPSA) is 21.3 Å². The van der Waals surface area contributed by atoms with Gasteiger partial charge in [-0.3, -0.25) is 0 Å². The van der Waals surface area contributed by atoms with Gasteiger partial charge in [0.2, 0.25) is 0 Å². The molecule has 94 valence electrons. The van der Waals surface area contributed by atoms with Gasteiger partial charge in [-0.25, -0.2) is 0 Å². The molecule has 0 amide bonds. The number of hydrogen-bond donors (Lipinski definition) is 1. The van der Waals surface area contributed by atoms with Crippen LogP contribution in [0.5, 0.6) is 5.75 Å². The number of rotatable bonds is 5. The van der Waals surface area contributed by atoms with Crippen LogP contribution < -0.4 is 10.1 Å². The molecule has 0 aromatic heterocycles. The first-order valence-electron chi connectivity index (χ1n) is 5.91. The van der Waals surface area contributed by atoms with Crippen molar-refractivity contribution in [3.8, 4) is 5.75 Å². The van der Waals surface area contributed by atoms with Gasteiger partial charge in [0.1, 0.15) is 5.75 Å². The number of para-hydroxylation sites is 1. The minimum atomic E-state index is -2.76. The lowest BCUT2D eigenvalue weighted by Gasteiger charge is -2.33. The SMILES string of the molecule is CC1CC(NCc2ccccc2OC(F)F)C1. The average Bonchev–Trinajstić information content (AvgIpc) is 2.24. The average molecular weight is 241 g/mol. The Hall–Kier alpha value is -1.16. The summed E-state index contributed by atoms with van der Waals surface area (Å²) in [6, 6.07) is 7.44. The Labute approximate surface area is 100.0 Å². The Morgan fingerprint density at radius 3 is 2.71 bits per heavy atom. The lowest BCUT2D eigenvalue weighted by atomic mass is 9.82. The molecule has 0 aliphatic heterocycles. The van der Waals surface area contributed by atoms with Crippen LogP contribution in [-0.4, -0.2) is 12.7 Å². The maximum Gasteiger partial charge on any atom is 0.387 e. The second-order valence-corrected chi connectivity index (χ2v) is 4.64. The third-order valence-corrected chi connectivity index (χ3v) is 3.14. The van der Waals surface area contributed by atoms with Crippen molar-refractivity contribution in [1.29, 1.82) is 0 Å². The number of benzene rings is 1. The van der Waals surface area contributed by atoms with Gasteiger partial charge in [-0.15, -0.1) is 0 Å². The molecule has 2 rings (SSSR count). The quantitative estimate of drug-likeness (QED) is 0.854. The summed E-state index contributed by atoms with van der Waals surface area (Å²) in [7, 11) is 0. The molecule has 1 aromatic carbocycles. The summed E-state index contributed by atoms with van der Waals surface area (Å²) in [5, 5.41) is 3.35. The number of halogens is 2. The highest BCUT2D eigenvalue weighted by Crippen LogP contribution is 2.27. The molecule has 0 atom stereocenters. The molecule has 2 nitrogen and oxygen atoms in total. The van der Waals surface area contributed by atoms with Crippen LogP contribution in [0.15, 0.2) is 24.3 Å². The number of alkyl halides is 2. The fourth-order valence-electron chi connectivity index (χ4n) is 2.18. The Bertz CT molecular complexity index is 364. The van der Waals surface area contributed by atoms with Crippen molar-refractivity contribution in [1.82, 2.24) is 5.32 Å². The normalized spacial score (nSPS) is 23.5. The van der Waals surface area contributed by atoms with E-state index < -0.39 is 6.61 Å². The van der Waals surface area contributed by atoms with E-state index >= 15 is 0 Å². The Kier molecular flexibility index (Phi) is 3.94. The van der Waals surface area contributed by atoms with Crippen molar-refractivity contribution in [3.05, 3.63) is 29.8 Å². The predicted molar refractivity (Wildman–Crippen MR) is 62.1 cm³/mol. The summed E-state index contributed by atoms with van der Waals surface area (Å²) in [5.74, 6) is 1.04. The van der Waals surface area contributed by atoms with E-state index in [0.29, 0.717) is 12.6 Å². The first kappa shape index (κ1) is 12.3. The van der Waals surface area contributed by atoms with Gasteiger partial charge in [-0.2, -0.15) is 8.78 Å². The summed E-state index contributed by atoms with van der Waals surface area (Å²) >= 11 is 0. The van der Waals surface area contributed by atoms with E-state index in [0.717, 1.165) is 24.3 Å². The van der Waals surface area contributed by atoms with Crippen LogP contribution in [0.4, 0.5) is 8.78 Å². The van der Waals surface area contributed by atoms with Crippen LogP contribution in [0.1, 0.15) is 25.3 Å². The summed E-state index contributed by atoms with van der Waals surface area (Å²) in [6.07, 6.45) is 2.33. The Morgan fingerprint density at radius 2 is 2.06 bits per heavy atom. The smallest absolute Gasteiger partial charge is 0.387 e. The number of nitrogens with one attached hydrogen (secondary N) is 1. The maximum absolute atomic E-state index is 12.2. The third-order valence-electron chi connectivity index (χ3n) is 3.14. The van der Waals surface area contributed by atoms with E-state index in [9.17, 15) is 8.78 Å². The minimum Gasteiger partial charge on any atom is -0.434 e. The van der Waals surface area contributed by atoms with Gasteiger partial charge in [0.25, 0.3) is 0 Å². The number of hydrogen-bond acceptors (Lipinski definition) is 2. The summed E-state index contributed by atoms with van der Waals surface area (Å²) in [5.41, 5.74) is 0.785. The highest BCUT2D eigenvalue weighted by atomic mass is 19.3. The van der Waals surface area contributed by atoms with Crippen LogP contribution in [0, 0.1) is 5.92 Å². The van der Waals surface area contributed by atoms with Crippen molar-refractivity contribution in [2.45, 2.75) is 39.0 Å². The summed E-state index contributed by atoms with van der Waals surface area (Å²) in [4.78, 5) is 0. The van der Waals surface area contributed by atoms with Crippen molar-refractivity contribution in [2.24, 2.45) is 5.92 Å². The largest absolute Gasteiger partial charge is 0.434 e. The third kappa shape index (κ3) is 3.40. The fraction of sp³-hybridized carbons (Fsp3) is 0.538. The van der Waals surface area contributed by atoms with Crippen molar-refractivity contribution in [3.63, 3.8) is 0 Å². The standard InChI is InChI=1S/C13H17F2NO/c1-9-6-11(7-9)16-8-10-4-2-3-5-12(10)17-13(14)15/h2-5,9,11,13,16H,6-8H2,1H3. The van der Waals surface area contributed by atoms with E-state index in [1.807, 2.05) is 12.1 Å². The lowest BCUT2D eigenvalue weighted by molar-refractivity contribution is -0.0505. The molecule has 0 saturated heterocycles. The van der Waals surface area contributed by atoms with Gasteiger partial charge in [0, 0.05) is 18.2 Å². The zero-order chi connectivity index (χ0) is 12.3. The highest BCUT2D eigenvalue weighted by molar-refractivity contribution is 5.33. The van der Waals surface area contributed by atoms with Gasteiger partial charge in [0.15, 0.2) is 0 Å². The Balaban J connectivity index is 1.90. The van der Waals surface area contributed by atoms with Gasteiger partial charge >= 0.3 is 6.61 Å². The molecule has 1 fully saturated rings. The molecule has 1 saturated carbocycles. The van der Waals surface area contributed by atoms with Crippen LogP contribution in [-0.2, 0) is 6.54 Å². The second kappa shape index (κ2) is 5.45. The van der Waals surface area contributed by atoms with E-state index in [2.05, 4.69) is 17.0 Å². The molecule has 17 heavy (non-hydrogen) atoms. The monoisotopic (exact) mass is 241 g/mol. The summed E-state index contributed by atoms with van der Waals surface area (Å²) in [6.45, 7) is 0.0339. The maximum atomic E-state index is 12.2. The molecule has 0 unspecified atom stereocenters. The van der Waals surface area contributed by atoms with Crippen LogP contribution in [0.25, 0.3) is 0 Å². The van der Waals surface area contributed by atoms with Crippen LogP contribution >= 0.6 is 0 Å². The molecule has 1 aliphatic rings. The van der Waals surface area contributed by atoms with E-state index in [4.69, 9.17) is 0 Å². The molecule has 0 spiro atoms. The zero-order valence-corrected chi connectivity index (χ0v) is 9.83. The molecule has 1 N–H and O–H groups in total.